The van der Waals surface area contributed by atoms with E-state index in [0.29, 0.717) is 6.54 Å². The molecular weight excluding hydrogens is 208 g/mol. The summed E-state index contributed by atoms with van der Waals surface area (Å²) >= 11 is 0. The Kier molecular flexibility index (Phi) is 4.29. The van der Waals surface area contributed by atoms with Crippen LogP contribution in [0.5, 0.6) is 0 Å². The topological polar surface area (TPSA) is 92.4 Å². The van der Waals surface area contributed by atoms with Crippen LogP contribution in [-0.2, 0) is 9.59 Å². The smallest absolute Gasteiger partial charge is 0.305 e. The minimum absolute atomic E-state index is 0.235. The highest BCUT2D eigenvalue weighted by atomic mass is 16.4. The number of carboxylic acid groups (broad SMARTS) is 1. The van der Waals surface area contributed by atoms with Crippen molar-refractivity contribution >= 4 is 11.9 Å². The Morgan fingerprint density at radius 2 is 2.12 bits per heavy atom. The van der Waals surface area contributed by atoms with Gasteiger partial charge in [0.2, 0.25) is 5.91 Å². The number of nitrogens with two attached hydrogens (primary N) is 1. The van der Waals surface area contributed by atoms with Crippen LogP contribution in [0.25, 0.3) is 0 Å². The second-order valence-corrected chi connectivity index (χ2v) is 4.63. The summed E-state index contributed by atoms with van der Waals surface area (Å²) in [4.78, 5) is 21.9. The van der Waals surface area contributed by atoms with E-state index in [9.17, 15) is 9.59 Å². The highest BCUT2D eigenvalue weighted by molar-refractivity contribution is 5.85. The molecule has 0 heterocycles. The summed E-state index contributed by atoms with van der Waals surface area (Å²) in [7, 11) is 0. The predicted molar refractivity (Wildman–Crippen MR) is 59.8 cm³/mol. The van der Waals surface area contributed by atoms with Crippen LogP contribution in [0.15, 0.2) is 0 Å². The maximum absolute atomic E-state index is 11.5. The molecular formula is C11H20N2O3. The van der Waals surface area contributed by atoms with Gasteiger partial charge in [0.1, 0.15) is 0 Å². The van der Waals surface area contributed by atoms with Crippen molar-refractivity contribution in [3.05, 3.63) is 0 Å². The van der Waals surface area contributed by atoms with E-state index in [1.807, 2.05) is 0 Å². The fourth-order valence-electron chi connectivity index (χ4n) is 2.02. The number of rotatable bonds is 6. The lowest BCUT2D eigenvalue weighted by Crippen LogP contribution is -2.48. The fourth-order valence-corrected chi connectivity index (χ4v) is 2.02. The molecule has 0 saturated heterocycles. The van der Waals surface area contributed by atoms with Crippen LogP contribution in [0, 0.1) is 5.41 Å². The van der Waals surface area contributed by atoms with Crippen LogP contribution in [-0.4, -0.2) is 29.6 Å². The second-order valence-electron chi connectivity index (χ2n) is 4.63. The van der Waals surface area contributed by atoms with Crippen molar-refractivity contribution in [1.29, 1.82) is 0 Å². The first-order chi connectivity index (χ1) is 7.49. The SMILES string of the molecule is CCC1(CNC(=O)C(N)CC(=O)O)CCC1. The minimum Gasteiger partial charge on any atom is -0.481 e. The van der Waals surface area contributed by atoms with Crippen molar-refractivity contribution in [2.45, 2.75) is 45.1 Å². The van der Waals surface area contributed by atoms with Gasteiger partial charge in [-0.05, 0) is 24.7 Å². The predicted octanol–water partition coefficient (Wildman–Crippen LogP) is 0.485. The van der Waals surface area contributed by atoms with Gasteiger partial charge in [0.05, 0.1) is 12.5 Å². The number of hydrogen-bond acceptors (Lipinski definition) is 3. The number of carbonyl (C=O) groups excluding carboxylic acids is 1. The van der Waals surface area contributed by atoms with Gasteiger partial charge in [-0.2, -0.15) is 0 Å². The van der Waals surface area contributed by atoms with Crippen molar-refractivity contribution in [3.8, 4) is 0 Å². The molecule has 1 unspecified atom stereocenters. The van der Waals surface area contributed by atoms with Gasteiger partial charge in [0.25, 0.3) is 0 Å². The van der Waals surface area contributed by atoms with Gasteiger partial charge in [-0.3, -0.25) is 9.59 Å². The molecule has 0 spiro atoms. The van der Waals surface area contributed by atoms with Gasteiger partial charge in [-0.15, -0.1) is 0 Å². The number of carboxylic acids is 1. The average Bonchev–Trinajstić information content (AvgIpc) is 2.15. The molecule has 1 amide bonds. The van der Waals surface area contributed by atoms with E-state index in [2.05, 4.69) is 12.2 Å². The molecule has 5 heteroatoms. The summed E-state index contributed by atoms with van der Waals surface area (Å²) in [6.07, 6.45) is 4.22. The van der Waals surface area contributed by atoms with Gasteiger partial charge in [-0.25, -0.2) is 0 Å². The van der Waals surface area contributed by atoms with E-state index in [1.54, 1.807) is 0 Å². The van der Waals surface area contributed by atoms with Crippen molar-refractivity contribution in [2.75, 3.05) is 6.54 Å². The molecule has 1 saturated carbocycles. The van der Waals surface area contributed by atoms with Crippen LogP contribution in [0.3, 0.4) is 0 Å². The van der Waals surface area contributed by atoms with Crippen molar-refractivity contribution < 1.29 is 14.7 Å². The summed E-state index contributed by atoms with van der Waals surface area (Å²) in [6, 6.07) is -0.938. The average molecular weight is 228 g/mol. The van der Waals surface area contributed by atoms with Crippen LogP contribution in [0.2, 0.25) is 0 Å². The quantitative estimate of drug-likeness (QED) is 0.616. The van der Waals surface area contributed by atoms with Gasteiger partial charge in [0.15, 0.2) is 0 Å². The zero-order valence-electron chi connectivity index (χ0n) is 9.66. The molecule has 0 aromatic rings. The molecule has 1 aliphatic rings. The number of carbonyl (C=O) groups is 2. The normalized spacial score (nSPS) is 19.6. The summed E-state index contributed by atoms with van der Waals surface area (Å²) < 4.78 is 0. The summed E-state index contributed by atoms with van der Waals surface area (Å²) in [5.74, 6) is -1.40. The van der Waals surface area contributed by atoms with Gasteiger partial charge >= 0.3 is 5.97 Å². The Morgan fingerprint density at radius 3 is 2.50 bits per heavy atom. The third-order valence-electron chi connectivity index (χ3n) is 3.53. The van der Waals surface area contributed by atoms with Crippen LogP contribution >= 0.6 is 0 Å². The highest BCUT2D eigenvalue weighted by Gasteiger charge is 2.35. The van der Waals surface area contributed by atoms with E-state index in [-0.39, 0.29) is 17.7 Å². The van der Waals surface area contributed by atoms with Crippen LogP contribution in [0.1, 0.15) is 39.0 Å². The largest absolute Gasteiger partial charge is 0.481 e. The second kappa shape index (κ2) is 5.30. The van der Waals surface area contributed by atoms with Crippen molar-refractivity contribution in [2.24, 2.45) is 11.1 Å². The first-order valence-corrected chi connectivity index (χ1v) is 5.74. The molecule has 0 aromatic heterocycles. The van der Waals surface area contributed by atoms with Crippen molar-refractivity contribution in [1.82, 2.24) is 5.32 Å². The summed E-state index contributed by atoms with van der Waals surface area (Å²) in [6.45, 7) is 2.73. The Bertz CT molecular complexity index is 269. The van der Waals surface area contributed by atoms with E-state index >= 15 is 0 Å². The number of amides is 1. The van der Waals surface area contributed by atoms with Gasteiger partial charge < -0.3 is 16.2 Å². The lowest BCUT2D eigenvalue weighted by Gasteiger charge is -2.41. The fraction of sp³-hybridized carbons (Fsp3) is 0.818. The first kappa shape index (κ1) is 13.0. The number of hydrogen-bond donors (Lipinski definition) is 3. The van der Waals surface area contributed by atoms with E-state index in [4.69, 9.17) is 10.8 Å². The summed E-state index contributed by atoms with van der Waals surface area (Å²) in [5, 5.41) is 11.3. The molecule has 1 atom stereocenters. The van der Waals surface area contributed by atoms with Gasteiger partial charge in [-0.1, -0.05) is 13.3 Å². The van der Waals surface area contributed by atoms with Crippen molar-refractivity contribution in [3.63, 3.8) is 0 Å². The molecule has 92 valence electrons. The lowest BCUT2D eigenvalue weighted by molar-refractivity contribution is -0.139. The Morgan fingerprint density at radius 1 is 1.50 bits per heavy atom. The molecule has 1 rings (SSSR count). The maximum Gasteiger partial charge on any atom is 0.305 e. The first-order valence-electron chi connectivity index (χ1n) is 5.74. The Labute approximate surface area is 95.4 Å². The molecule has 1 fully saturated rings. The molecule has 0 aromatic carbocycles. The monoisotopic (exact) mass is 228 g/mol. The number of nitrogens with one attached hydrogen (secondary N) is 1. The maximum atomic E-state index is 11.5. The highest BCUT2D eigenvalue weighted by Crippen LogP contribution is 2.42. The van der Waals surface area contributed by atoms with Crippen LogP contribution < -0.4 is 11.1 Å². The standard InChI is InChI=1S/C11H20N2O3/c1-2-11(4-3-5-11)7-13-10(16)8(12)6-9(14)15/h8H,2-7,12H2,1H3,(H,13,16)(H,14,15). The zero-order valence-corrected chi connectivity index (χ0v) is 9.66. The lowest BCUT2D eigenvalue weighted by atomic mass is 9.67. The Balaban J connectivity index is 2.31. The summed E-state index contributed by atoms with van der Waals surface area (Å²) in [5.41, 5.74) is 5.69. The minimum atomic E-state index is -1.04. The third-order valence-corrected chi connectivity index (χ3v) is 3.53. The Hall–Kier alpha value is -1.10. The van der Waals surface area contributed by atoms with E-state index in [0.717, 1.165) is 19.3 Å². The molecule has 0 aliphatic heterocycles. The molecule has 4 N–H and O–H groups in total. The molecule has 5 nitrogen and oxygen atoms in total. The number of aliphatic carboxylic acids is 1. The van der Waals surface area contributed by atoms with E-state index < -0.39 is 12.0 Å². The molecule has 16 heavy (non-hydrogen) atoms. The third kappa shape index (κ3) is 3.20. The van der Waals surface area contributed by atoms with E-state index in [1.165, 1.54) is 6.42 Å². The van der Waals surface area contributed by atoms with Gasteiger partial charge in [0, 0.05) is 6.54 Å². The molecule has 0 radical (unpaired) electrons. The molecule has 1 aliphatic carbocycles. The molecule has 0 bridgehead atoms. The van der Waals surface area contributed by atoms with Crippen LogP contribution in [0.4, 0.5) is 0 Å². The zero-order chi connectivity index (χ0) is 12.2.